The molecule has 7 nitrogen and oxygen atoms in total. The highest BCUT2D eigenvalue weighted by atomic mass is 32.2. The molecule has 1 saturated carbocycles. The predicted octanol–water partition coefficient (Wildman–Crippen LogP) is 2.61. The average molecular weight is 413 g/mol. The highest BCUT2D eigenvalue weighted by Crippen LogP contribution is 2.21. The Balaban J connectivity index is 1.73. The summed E-state index contributed by atoms with van der Waals surface area (Å²) in [5.74, 6) is 0.232. The smallest absolute Gasteiger partial charge is 0.257 e. The van der Waals surface area contributed by atoms with Crippen LogP contribution < -0.4 is 14.8 Å². The van der Waals surface area contributed by atoms with Crippen molar-refractivity contribution in [3.05, 3.63) is 24.3 Å². The van der Waals surface area contributed by atoms with Gasteiger partial charge in [-0.15, -0.1) is 0 Å². The summed E-state index contributed by atoms with van der Waals surface area (Å²) in [6.45, 7) is 4.95. The molecule has 0 heterocycles. The molecule has 0 aromatic heterocycles. The van der Waals surface area contributed by atoms with E-state index in [0.717, 1.165) is 32.1 Å². The SMILES string of the molecule is CC(C)OCCCNC(=O)COc1ccc(S(=O)(=O)NC2CCCCC2)cc1. The molecule has 158 valence electrons. The Bertz CT molecular complexity index is 698. The van der Waals surface area contributed by atoms with Crippen LogP contribution in [0.3, 0.4) is 0 Å². The van der Waals surface area contributed by atoms with Gasteiger partial charge in [-0.05, 0) is 57.4 Å². The number of nitrogens with one attached hydrogen (secondary N) is 2. The van der Waals surface area contributed by atoms with Gasteiger partial charge in [-0.2, -0.15) is 0 Å². The summed E-state index contributed by atoms with van der Waals surface area (Å²) < 4.78 is 38.5. The molecule has 28 heavy (non-hydrogen) atoms. The Kier molecular flexibility index (Phi) is 9.21. The van der Waals surface area contributed by atoms with E-state index >= 15 is 0 Å². The van der Waals surface area contributed by atoms with Gasteiger partial charge in [0, 0.05) is 19.2 Å². The minimum Gasteiger partial charge on any atom is -0.484 e. The van der Waals surface area contributed by atoms with Crippen molar-refractivity contribution in [2.45, 2.75) is 69.4 Å². The van der Waals surface area contributed by atoms with E-state index in [-0.39, 0.29) is 29.6 Å². The van der Waals surface area contributed by atoms with Crippen LogP contribution in [0.5, 0.6) is 5.75 Å². The lowest BCUT2D eigenvalue weighted by molar-refractivity contribution is -0.123. The van der Waals surface area contributed by atoms with Gasteiger partial charge in [-0.3, -0.25) is 4.79 Å². The first-order valence-corrected chi connectivity index (χ1v) is 11.5. The number of benzene rings is 1. The highest BCUT2D eigenvalue weighted by molar-refractivity contribution is 7.89. The van der Waals surface area contributed by atoms with Gasteiger partial charge in [0.15, 0.2) is 6.61 Å². The summed E-state index contributed by atoms with van der Waals surface area (Å²) in [7, 11) is -3.53. The van der Waals surface area contributed by atoms with Gasteiger partial charge in [0.25, 0.3) is 5.91 Å². The van der Waals surface area contributed by atoms with E-state index in [9.17, 15) is 13.2 Å². The van der Waals surface area contributed by atoms with Crippen molar-refractivity contribution in [2.24, 2.45) is 0 Å². The van der Waals surface area contributed by atoms with E-state index in [4.69, 9.17) is 9.47 Å². The molecule has 0 radical (unpaired) electrons. The van der Waals surface area contributed by atoms with Crippen molar-refractivity contribution in [3.8, 4) is 5.75 Å². The third kappa shape index (κ3) is 8.16. The Morgan fingerprint density at radius 1 is 1.14 bits per heavy atom. The minimum absolute atomic E-state index is 0.0179. The minimum atomic E-state index is -3.53. The number of hydrogen-bond donors (Lipinski definition) is 2. The van der Waals surface area contributed by atoms with Gasteiger partial charge in [0.05, 0.1) is 11.0 Å². The topological polar surface area (TPSA) is 93.7 Å². The summed E-state index contributed by atoms with van der Waals surface area (Å²) in [4.78, 5) is 12.0. The molecular formula is C20H32N2O5S. The van der Waals surface area contributed by atoms with E-state index in [2.05, 4.69) is 10.0 Å². The van der Waals surface area contributed by atoms with E-state index in [1.807, 2.05) is 13.8 Å². The van der Waals surface area contributed by atoms with Crippen LogP contribution in [0.2, 0.25) is 0 Å². The molecule has 0 saturated heterocycles. The first-order valence-electron chi connectivity index (χ1n) is 10.0. The fourth-order valence-electron chi connectivity index (χ4n) is 3.04. The molecule has 1 fully saturated rings. The van der Waals surface area contributed by atoms with Crippen molar-refractivity contribution < 1.29 is 22.7 Å². The molecule has 0 bridgehead atoms. The summed E-state index contributed by atoms with van der Waals surface area (Å²) in [5.41, 5.74) is 0. The summed E-state index contributed by atoms with van der Waals surface area (Å²) >= 11 is 0. The largest absolute Gasteiger partial charge is 0.484 e. The van der Waals surface area contributed by atoms with Crippen LogP contribution in [0.15, 0.2) is 29.2 Å². The quantitative estimate of drug-likeness (QED) is 0.545. The molecule has 1 aliphatic rings. The molecule has 0 atom stereocenters. The standard InChI is InChI=1S/C20H32N2O5S/c1-16(2)26-14-6-13-21-20(23)15-27-18-9-11-19(12-10-18)28(24,25)22-17-7-4-3-5-8-17/h9-12,16-17,22H,3-8,13-15H2,1-2H3,(H,21,23). The molecule has 0 spiro atoms. The molecule has 1 aliphatic carbocycles. The van der Waals surface area contributed by atoms with Crippen LogP contribution in [0.1, 0.15) is 52.4 Å². The number of rotatable bonds is 11. The Hall–Kier alpha value is -1.64. The Morgan fingerprint density at radius 2 is 1.82 bits per heavy atom. The molecule has 1 amide bonds. The van der Waals surface area contributed by atoms with E-state index in [1.165, 1.54) is 18.6 Å². The van der Waals surface area contributed by atoms with Crippen LogP contribution in [-0.4, -0.2) is 46.2 Å². The average Bonchev–Trinajstić information content (AvgIpc) is 2.66. The van der Waals surface area contributed by atoms with Crippen LogP contribution in [0, 0.1) is 0 Å². The van der Waals surface area contributed by atoms with E-state index < -0.39 is 10.0 Å². The Labute approximate surface area is 168 Å². The second-order valence-electron chi connectivity index (χ2n) is 7.34. The van der Waals surface area contributed by atoms with Crippen molar-refractivity contribution >= 4 is 15.9 Å². The van der Waals surface area contributed by atoms with E-state index in [1.54, 1.807) is 12.1 Å². The molecule has 8 heteroatoms. The summed E-state index contributed by atoms with van der Waals surface area (Å²) in [5, 5.41) is 2.76. The van der Waals surface area contributed by atoms with Crippen LogP contribution in [0.25, 0.3) is 0 Å². The normalized spacial score (nSPS) is 15.5. The Morgan fingerprint density at radius 3 is 2.46 bits per heavy atom. The highest BCUT2D eigenvalue weighted by Gasteiger charge is 2.21. The lowest BCUT2D eigenvalue weighted by Gasteiger charge is -2.22. The molecule has 0 unspecified atom stereocenters. The summed E-state index contributed by atoms with van der Waals surface area (Å²) in [6, 6.07) is 6.16. The molecular weight excluding hydrogens is 380 g/mol. The van der Waals surface area contributed by atoms with Crippen molar-refractivity contribution in [1.82, 2.24) is 10.0 Å². The summed E-state index contributed by atoms with van der Waals surface area (Å²) in [6.07, 6.45) is 6.00. The number of carbonyl (C=O) groups excluding carboxylic acids is 1. The third-order valence-corrected chi connectivity index (χ3v) is 6.06. The van der Waals surface area contributed by atoms with Crippen LogP contribution >= 0.6 is 0 Å². The number of sulfonamides is 1. The maximum absolute atomic E-state index is 12.5. The molecule has 1 aromatic rings. The molecule has 2 rings (SSSR count). The molecule has 0 aliphatic heterocycles. The van der Waals surface area contributed by atoms with Crippen LogP contribution in [-0.2, 0) is 19.6 Å². The maximum atomic E-state index is 12.5. The van der Waals surface area contributed by atoms with Crippen molar-refractivity contribution in [2.75, 3.05) is 19.8 Å². The first kappa shape index (κ1) is 22.6. The number of amides is 1. The van der Waals surface area contributed by atoms with Crippen molar-refractivity contribution in [1.29, 1.82) is 0 Å². The van der Waals surface area contributed by atoms with Gasteiger partial charge in [0.2, 0.25) is 10.0 Å². The lowest BCUT2D eigenvalue weighted by atomic mass is 9.96. The number of carbonyl (C=O) groups is 1. The second-order valence-corrected chi connectivity index (χ2v) is 9.05. The monoisotopic (exact) mass is 412 g/mol. The lowest BCUT2D eigenvalue weighted by Crippen LogP contribution is -2.36. The fraction of sp³-hybridized carbons (Fsp3) is 0.650. The third-order valence-electron chi connectivity index (χ3n) is 4.53. The first-order chi connectivity index (χ1) is 13.4. The fourth-order valence-corrected chi connectivity index (χ4v) is 4.35. The van der Waals surface area contributed by atoms with Gasteiger partial charge in [0.1, 0.15) is 5.75 Å². The zero-order chi connectivity index (χ0) is 20.4. The van der Waals surface area contributed by atoms with Gasteiger partial charge >= 0.3 is 0 Å². The van der Waals surface area contributed by atoms with Crippen molar-refractivity contribution in [3.63, 3.8) is 0 Å². The van der Waals surface area contributed by atoms with Gasteiger partial charge in [-0.25, -0.2) is 13.1 Å². The second kappa shape index (κ2) is 11.4. The molecule has 2 N–H and O–H groups in total. The number of ether oxygens (including phenoxy) is 2. The zero-order valence-corrected chi connectivity index (χ0v) is 17.6. The maximum Gasteiger partial charge on any atom is 0.257 e. The van der Waals surface area contributed by atoms with E-state index in [0.29, 0.717) is 18.9 Å². The molecule has 1 aromatic carbocycles. The van der Waals surface area contributed by atoms with Crippen LogP contribution in [0.4, 0.5) is 0 Å². The van der Waals surface area contributed by atoms with Gasteiger partial charge in [-0.1, -0.05) is 19.3 Å². The predicted molar refractivity (Wildman–Crippen MR) is 108 cm³/mol. The number of hydrogen-bond acceptors (Lipinski definition) is 5. The zero-order valence-electron chi connectivity index (χ0n) is 16.8. The van der Waals surface area contributed by atoms with Gasteiger partial charge < -0.3 is 14.8 Å².